The summed E-state index contributed by atoms with van der Waals surface area (Å²) in [5, 5.41) is 1.94. The third-order valence-corrected chi connectivity index (χ3v) is 6.25. The molecule has 1 heterocycles. The van der Waals surface area contributed by atoms with Crippen LogP contribution in [-0.4, -0.2) is 38.4 Å². The minimum atomic E-state index is -3.75. The SMILES string of the molecule is CCOC(=O)CN(CCc1cccs1)S(=O)(=O)c1ccc(C)cc1. The highest BCUT2D eigenvalue weighted by molar-refractivity contribution is 7.89. The lowest BCUT2D eigenvalue weighted by molar-refractivity contribution is -0.143. The number of benzene rings is 1. The number of hydrogen-bond acceptors (Lipinski definition) is 5. The van der Waals surface area contributed by atoms with E-state index in [0.29, 0.717) is 6.42 Å². The molecule has 1 aromatic heterocycles. The monoisotopic (exact) mass is 367 g/mol. The first-order valence-electron chi connectivity index (χ1n) is 7.68. The number of rotatable bonds is 8. The number of aryl methyl sites for hydroxylation is 1. The number of nitrogens with zero attached hydrogens (tertiary/aromatic N) is 1. The van der Waals surface area contributed by atoms with Gasteiger partial charge in [-0.2, -0.15) is 4.31 Å². The Hall–Kier alpha value is -1.70. The smallest absolute Gasteiger partial charge is 0.321 e. The first-order valence-corrected chi connectivity index (χ1v) is 10.00. The Morgan fingerprint density at radius 3 is 2.50 bits per heavy atom. The molecule has 0 radical (unpaired) electrons. The number of carbonyl (C=O) groups excluding carboxylic acids is 1. The van der Waals surface area contributed by atoms with Crippen molar-refractivity contribution in [2.75, 3.05) is 19.7 Å². The summed E-state index contributed by atoms with van der Waals surface area (Å²) in [6, 6.07) is 10.5. The summed E-state index contributed by atoms with van der Waals surface area (Å²) in [5.41, 5.74) is 0.976. The van der Waals surface area contributed by atoms with E-state index in [4.69, 9.17) is 4.74 Å². The predicted octanol–water partition coefficient (Wildman–Crippen LogP) is 2.85. The third-order valence-electron chi connectivity index (χ3n) is 3.46. The zero-order chi connectivity index (χ0) is 17.6. The van der Waals surface area contributed by atoms with E-state index in [1.165, 1.54) is 4.31 Å². The lowest BCUT2D eigenvalue weighted by Gasteiger charge is -2.21. The van der Waals surface area contributed by atoms with Gasteiger partial charge in [-0.3, -0.25) is 4.79 Å². The average molecular weight is 367 g/mol. The van der Waals surface area contributed by atoms with Crippen molar-refractivity contribution in [3.8, 4) is 0 Å². The van der Waals surface area contributed by atoms with Gasteiger partial charge in [-0.1, -0.05) is 23.8 Å². The number of hydrogen-bond donors (Lipinski definition) is 0. The first kappa shape index (κ1) is 18.6. The van der Waals surface area contributed by atoms with Crippen molar-refractivity contribution in [3.05, 3.63) is 52.2 Å². The third kappa shape index (κ3) is 4.90. The number of thiophene rings is 1. The van der Waals surface area contributed by atoms with Crippen LogP contribution in [0.5, 0.6) is 0 Å². The van der Waals surface area contributed by atoms with Gasteiger partial charge in [0, 0.05) is 11.4 Å². The van der Waals surface area contributed by atoms with E-state index in [1.807, 2.05) is 24.4 Å². The summed E-state index contributed by atoms with van der Waals surface area (Å²) >= 11 is 1.56. The second kappa shape index (κ2) is 8.41. The molecule has 7 heteroatoms. The van der Waals surface area contributed by atoms with Crippen LogP contribution in [0.3, 0.4) is 0 Å². The van der Waals surface area contributed by atoms with Crippen molar-refractivity contribution >= 4 is 27.3 Å². The summed E-state index contributed by atoms with van der Waals surface area (Å²) in [6.07, 6.45) is 0.558. The van der Waals surface area contributed by atoms with Gasteiger partial charge in [-0.25, -0.2) is 8.42 Å². The van der Waals surface area contributed by atoms with Crippen LogP contribution >= 0.6 is 11.3 Å². The molecule has 0 saturated heterocycles. The molecule has 1 aromatic carbocycles. The number of esters is 1. The van der Waals surface area contributed by atoms with E-state index in [2.05, 4.69) is 0 Å². The van der Waals surface area contributed by atoms with Crippen LogP contribution in [0.1, 0.15) is 17.4 Å². The van der Waals surface area contributed by atoms with Gasteiger partial charge in [0.2, 0.25) is 10.0 Å². The Bertz CT molecular complexity index is 752. The molecule has 0 spiro atoms. The summed E-state index contributed by atoms with van der Waals surface area (Å²) in [4.78, 5) is 13.1. The average Bonchev–Trinajstić information content (AvgIpc) is 3.05. The van der Waals surface area contributed by atoms with Gasteiger partial charge in [0.05, 0.1) is 11.5 Å². The Kier molecular flexibility index (Phi) is 6.53. The molecule has 2 rings (SSSR count). The molecule has 0 atom stereocenters. The summed E-state index contributed by atoms with van der Waals surface area (Å²) in [5.74, 6) is -0.542. The van der Waals surface area contributed by atoms with E-state index >= 15 is 0 Å². The highest BCUT2D eigenvalue weighted by atomic mass is 32.2. The van der Waals surface area contributed by atoms with E-state index in [1.54, 1.807) is 42.5 Å². The standard InChI is InChI=1S/C17H21NO4S2/c1-3-22-17(19)13-18(11-10-15-5-4-12-23-15)24(20,21)16-8-6-14(2)7-9-16/h4-9,12H,3,10-11,13H2,1-2H3. The minimum absolute atomic E-state index is 0.184. The normalized spacial score (nSPS) is 11.6. The van der Waals surface area contributed by atoms with E-state index in [-0.39, 0.29) is 24.6 Å². The van der Waals surface area contributed by atoms with Crippen LogP contribution in [0, 0.1) is 6.92 Å². The molecule has 2 aromatic rings. The number of sulfonamides is 1. The van der Waals surface area contributed by atoms with Crippen molar-refractivity contribution < 1.29 is 17.9 Å². The summed E-state index contributed by atoms with van der Waals surface area (Å²) in [6.45, 7) is 3.76. The van der Waals surface area contributed by atoms with Crippen LogP contribution in [0.15, 0.2) is 46.7 Å². The lowest BCUT2D eigenvalue weighted by atomic mass is 10.2. The molecule has 0 amide bonds. The zero-order valence-corrected chi connectivity index (χ0v) is 15.4. The topological polar surface area (TPSA) is 63.7 Å². The second-order valence-electron chi connectivity index (χ2n) is 5.29. The molecule has 0 fully saturated rings. The molecule has 24 heavy (non-hydrogen) atoms. The number of ether oxygens (including phenoxy) is 1. The van der Waals surface area contributed by atoms with Gasteiger partial charge in [-0.05, 0) is 43.8 Å². The van der Waals surface area contributed by atoms with Crippen LogP contribution in [0.2, 0.25) is 0 Å². The van der Waals surface area contributed by atoms with Gasteiger partial charge in [-0.15, -0.1) is 11.3 Å². The van der Waals surface area contributed by atoms with Gasteiger partial charge in [0.25, 0.3) is 0 Å². The maximum atomic E-state index is 12.9. The zero-order valence-electron chi connectivity index (χ0n) is 13.8. The number of carbonyl (C=O) groups is 1. The summed E-state index contributed by atoms with van der Waals surface area (Å²) < 4.78 is 31.8. The summed E-state index contributed by atoms with van der Waals surface area (Å²) in [7, 11) is -3.75. The van der Waals surface area contributed by atoms with Crippen LogP contribution in [0.25, 0.3) is 0 Å². The molecule has 5 nitrogen and oxygen atoms in total. The molecule has 0 saturated carbocycles. The molecule has 0 unspecified atom stereocenters. The highest BCUT2D eigenvalue weighted by Crippen LogP contribution is 2.18. The quantitative estimate of drug-likeness (QED) is 0.673. The second-order valence-corrected chi connectivity index (χ2v) is 8.26. The Balaban J connectivity index is 2.21. The lowest BCUT2D eigenvalue weighted by Crippen LogP contribution is -2.37. The Morgan fingerprint density at radius 2 is 1.92 bits per heavy atom. The van der Waals surface area contributed by atoms with Crippen molar-refractivity contribution in [1.29, 1.82) is 0 Å². The van der Waals surface area contributed by atoms with Gasteiger partial charge in [0.15, 0.2) is 0 Å². The molecule has 0 aliphatic heterocycles. The fraction of sp³-hybridized carbons (Fsp3) is 0.353. The minimum Gasteiger partial charge on any atom is -0.465 e. The molecule has 0 aliphatic rings. The van der Waals surface area contributed by atoms with Crippen LogP contribution in [0.4, 0.5) is 0 Å². The predicted molar refractivity (Wildman–Crippen MR) is 94.6 cm³/mol. The maximum Gasteiger partial charge on any atom is 0.321 e. The van der Waals surface area contributed by atoms with E-state index in [0.717, 1.165) is 10.4 Å². The largest absolute Gasteiger partial charge is 0.465 e. The fourth-order valence-electron chi connectivity index (χ4n) is 2.18. The van der Waals surface area contributed by atoms with Crippen LogP contribution in [-0.2, 0) is 26.0 Å². The highest BCUT2D eigenvalue weighted by Gasteiger charge is 2.27. The van der Waals surface area contributed by atoms with Crippen LogP contribution < -0.4 is 0 Å². The van der Waals surface area contributed by atoms with Gasteiger partial charge in [0.1, 0.15) is 6.54 Å². The van der Waals surface area contributed by atoms with Gasteiger partial charge < -0.3 is 4.74 Å². The van der Waals surface area contributed by atoms with Crippen molar-refractivity contribution in [2.24, 2.45) is 0 Å². The Morgan fingerprint density at radius 1 is 1.21 bits per heavy atom. The van der Waals surface area contributed by atoms with Gasteiger partial charge >= 0.3 is 5.97 Å². The molecule has 130 valence electrons. The molecule has 0 bridgehead atoms. The van der Waals surface area contributed by atoms with E-state index < -0.39 is 16.0 Å². The van der Waals surface area contributed by atoms with Crippen molar-refractivity contribution in [2.45, 2.75) is 25.2 Å². The Labute approximate surface area is 146 Å². The molecular weight excluding hydrogens is 346 g/mol. The van der Waals surface area contributed by atoms with Crippen molar-refractivity contribution in [3.63, 3.8) is 0 Å². The molecular formula is C17H21NO4S2. The van der Waals surface area contributed by atoms with E-state index in [9.17, 15) is 13.2 Å². The maximum absolute atomic E-state index is 12.9. The molecule has 0 N–H and O–H groups in total. The first-order chi connectivity index (χ1) is 11.4. The van der Waals surface area contributed by atoms with Crippen molar-refractivity contribution in [1.82, 2.24) is 4.31 Å². The molecule has 0 aliphatic carbocycles. The fourth-order valence-corrected chi connectivity index (χ4v) is 4.27.